The zero-order valence-electron chi connectivity index (χ0n) is 19.7. The molecule has 186 valence electrons. The molecule has 4 N–H and O–H groups in total. The zero-order chi connectivity index (χ0) is 25.9. The van der Waals surface area contributed by atoms with Crippen LogP contribution in [-0.2, 0) is 15.8 Å². The van der Waals surface area contributed by atoms with Crippen molar-refractivity contribution < 1.29 is 27.9 Å². The van der Waals surface area contributed by atoms with Crippen LogP contribution >= 0.6 is 0 Å². The number of nitrogens with zero attached hydrogens (tertiary/aromatic N) is 2. The summed E-state index contributed by atoms with van der Waals surface area (Å²) in [5.74, 6) is -1.47. The second-order valence-corrected chi connectivity index (χ2v) is 8.42. The van der Waals surface area contributed by atoms with E-state index in [-0.39, 0.29) is 29.8 Å². The number of carbonyl (C=O) groups excluding carboxylic acids is 2. The predicted molar refractivity (Wildman–Crippen MR) is 127 cm³/mol. The summed E-state index contributed by atoms with van der Waals surface area (Å²) in [4.78, 5) is 23.0. The molecule has 35 heavy (non-hydrogen) atoms. The number of hydrogen-bond donors (Lipinski definition) is 3. The Morgan fingerprint density at radius 3 is 2.29 bits per heavy atom. The molecule has 0 aliphatic heterocycles. The Morgan fingerprint density at radius 2 is 1.71 bits per heavy atom. The van der Waals surface area contributed by atoms with E-state index in [1.807, 2.05) is 26.8 Å². The second kappa shape index (κ2) is 10.2. The van der Waals surface area contributed by atoms with E-state index in [1.165, 1.54) is 10.6 Å². The minimum absolute atomic E-state index is 0.151. The molecule has 3 aromatic rings. The maximum absolute atomic E-state index is 13.5. The van der Waals surface area contributed by atoms with Crippen LogP contribution in [0, 0.1) is 13.8 Å². The van der Waals surface area contributed by atoms with Gasteiger partial charge in [0, 0.05) is 23.9 Å². The lowest BCUT2D eigenvalue weighted by atomic mass is 10.0. The summed E-state index contributed by atoms with van der Waals surface area (Å²) in [6.07, 6.45) is -3.97. The quantitative estimate of drug-likeness (QED) is 0.311. The van der Waals surface area contributed by atoms with Crippen LogP contribution in [0.25, 0.3) is 16.6 Å². The van der Waals surface area contributed by atoms with Gasteiger partial charge in [-0.15, -0.1) is 0 Å². The van der Waals surface area contributed by atoms with E-state index in [4.69, 9.17) is 5.73 Å². The molecular weight excluding hydrogens is 461 g/mol. The molecule has 1 aromatic heterocycles. The van der Waals surface area contributed by atoms with E-state index in [9.17, 15) is 27.9 Å². The second-order valence-electron chi connectivity index (χ2n) is 8.42. The number of aryl methyl sites for hydroxylation is 2. The molecule has 0 aliphatic rings. The maximum Gasteiger partial charge on any atom is 0.416 e. The average Bonchev–Trinajstić information content (AvgIpc) is 3.04. The summed E-state index contributed by atoms with van der Waals surface area (Å²) < 4.78 is 41.9. The van der Waals surface area contributed by atoms with E-state index < -0.39 is 23.6 Å². The van der Waals surface area contributed by atoms with Gasteiger partial charge >= 0.3 is 6.18 Å². The molecule has 0 atom stereocenters. The van der Waals surface area contributed by atoms with Gasteiger partial charge in [0.1, 0.15) is 0 Å². The smallest absolute Gasteiger partial charge is 0.416 e. The molecule has 0 saturated heterocycles. The monoisotopic (exact) mass is 488 g/mol. The van der Waals surface area contributed by atoms with Gasteiger partial charge in [0.25, 0.3) is 0 Å². The number of primary amides is 1. The number of amides is 2. The number of benzene rings is 2. The number of nitrogens with two attached hydrogens (primary N) is 1. The topological polar surface area (TPSA) is 110 Å². The molecule has 0 spiro atoms. The number of aromatic hydroxyl groups is 1. The summed E-state index contributed by atoms with van der Waals surface area (Å²) >= 11 is 0. The molecule has 1 heterocycles. The van der Waals surface area contributed by atoms with Crippen LogP contribution in [0.1, 0.15) is 54.9 Å². The van der Waals surface area contributed by atoms with Crippen molar-refractivity contribution in [2.24, 2.45) is 10.8 Å². The normalized spacial score (nSPS) is 12.2. The fourth-order valence-corrected chi connectivity index (χ4v) is 3.97. The first kappa shape index (κ1) is 25.8. The number of nitrogens with one attached hydrogen (secondary N) is 1. The first-order valence-corrected chi connectivity index (χ1v) is 11.1. The van der Waals surface area contributed by atoms with Crippen molar-refractivity contribution in [2.45, 2.75) is 52.6 Å². The fraction of sp³-hybridized carbons (Fsp3) is 0.320. The minimum Gasteiger partial charge on any atom is -0.494 e. The van der Waals surface area contributed by atoms with Crippen molar-refractivity contribution in [3.05, 3.63) is 58.7 Å². The number of halogens is 3. The third-order valence-electron chi connectivity index (χ3n) is 5.42. The van der Waals surface area contributed by atoms with Gasteiger partial charge in [0.15, 0.2) is 0 Å². The number of fused-ring (bicyclic) bond motifs is 1. The highest BCUT2D eigenvalue weighted by Gasteiger charge is 2.32. The highest BCUT2D eigenvalue weighted by Crippen LogP contribution is 2.39. The summed E-state index contributed by atoms with van der Waals surface area (Å²) in [6, 6.07) is 8.68. The van der Waals surface area contributed by atoms with Gasteiger partial charge in [-0.3, -0.25) is 14.2 Å². The molecule has 2 amide bonds. The molecule has 0 unspecified atom stereocenters. The van der Waals surface area contributed by atoms with Crippen LogP contribution < -0.4 is 11.2 Å². The van der Waals surface area contributed by atoms with E-state index in [1.54, 1.807) is 12.1 Å². The Balaban J connectivity index is 2.24. The first-order valence-electron chi connectivity index (χ1n) is 11.1. The summed E-state index contributed by atoms with van der Waals surface area (Å²) in [6.45, 7) is 5.58. The van der Waals surface area contributed by atoms with Gasteiger partial charge in [0.05, 0.1) is 22.4 Å². The highest BCUT2D eigenvalue weighted by molar-refractivity contribution is 6.14. The van der Waals surface area contributed by atoms with Crippen LogP contribution in [-0.4, -0.2) is 27.2 Å². The lowest BCUT2D eigenvalue weighted by Gasteiger charge is -2.11. The van der Waals surface area contributed by atoms with E-state index >= 15 is 0 Å². The molecule has 0 saturated carbocycles. The minimum atomic E-state index is -4.57. The fourth-order valence-electron chi connectivity index (χ4n) is 3.97. The molecule has 0 bridgehead atoms. The molecule has 2 aromatic carbocycles. The Morgan fingerprint density at radius 1 is 1.06 bits per heavy atom. The molecular formula is C25H27F3N4O3. The third-order valence-corrected chi connectivity index (χ3v) is 5.42. The van der Waals surface area contributed by atoms with Crippen LogP contribution in [0.3, 0.4) is 0 Å². The number of hydrazone groups is 1. The van der Waals surface area contributed by atoms with Crippen molar-refractivity contribution in [1.29, 1.82) is 0 Å². The van der Waals surface area contributed by atoms with Gasteiger partial charge < -0.3 is 10.8 Å². The van der Waals surface area contributed by atoms with E-state index in [0.717, 1.165) is 23.3 Å². The number of aromatic nitrogens is 1. The Labute approximate surface area is 200 Å². The lowest BCUT2D eigenvalue weighted by Crippen LogP contribution is -2.22. The molecule has 7 nitrogen and oxygen atoms in total. The molecule has 10 heteroatoms. The Kier molecular flexibility index (Phi) is 7.52. The number of rotatable bonds is 8. The van der Waals surface area contributed by atoms with Crippen molar-refractivity contribution in [2.75, 3.05) is 0 Å². The zero-order valence-corrected chi connectivity index (χ0v) is 19.7. The van der Waals surface area contributed by atoms with E-state index in [0.29, 0.717) is 29.6 Å². The molecule has 0 aliphatic carbocycles. The van der Waals surface area contributed by atoms with Crippen molar-refractivity contribution in [3.63, 3.8) is 0 Å². The molecule has 0 radical (unpaired) electrons. The lowest BCUT2D eigenvalue weighted by molar-refractivity contribution is -0.137. The van der Waals surface area contributed by atoms with Crippen molar-refractivity contribution >= 4 is 28.4 Å². The van der Waals surface area contributed by atoms with E-state index in [2.05, 4.69) is 10.5 Å². The van der Waals surface area contributed by atoms with Gasteiger partial charge in [-0.05, 0) is 55.7 Å². The number of hydrogen-bond acceptors (Lipinski definition) is 4. The molecule has 0 fully saturated rings. The number of alkyl halides is 3. The summed E-state index contributed by atoms with van der Waals surface area (Å²) in [5, 5.41) is 15.8. The number of carbonyl (C=O) groups is 2. The average molecular weight is 489 g/mol. The predicted octanol–water partition coefficient (Wildman–Crippen LogP) is 4.86. The largest absolute Gasteiger partial charge is 0.494 e. The van der Waals surface area contributed by atoms with Gasteiger partial charge in [-0.1, -0.05) is 25.5 Å². The summed E-state index contributed by atoms with van der Waals surface area (Å²) in [7, 11) is 0. The first-order chi connectivity index (χ1) is 16.4. The Hall–Kier alpha value is -3.82. The van der Waals surface area contributed by atoms with Crippen LogP contribution in [0.4, 0.5) is 13.2 Å². The van der Waals surface area contributed by atoms with Crippen LogP contribution in [0.2, 0.25) is 0 Å². The Bertz CT molecular complexity index is 1290. The van der Waals surface area contributed by atoms with Crippen molar-refractivity contribution in [3.8, 4) is 11.6 Å². The standard InChI is InChI=1S/C25H27F3N4O3/c1-4-5-19(30-31-22(34)9-8-21(29)33)23-18-7-6-16(25(26,27)28)13-20(18)32(24(23)35)17-11-14(2)10-15(3)12-17/h6-7,10-13,35H,4-5,8-9H2,1-3H3,(H2,29,33)(H,31,34)/b30-19+. The van der Waals surface area contributed by atoms with Gasteiger partial charge in [0.2, 0.25) is 17.7 Å². The SMILES string of the molecule is CCC/C(=N\NC(=O)CCC(N)=O)c1c(O)n(-c2cc(C)cc(C)c2)c2cc(C(F)(F)F)ccc12. The van der Waals surface area contributed by atoms with Crippen molar-refractivity contribution in [1.82, 2.24) is 9.99 Å². The maximum atomic E-state index is 13.5. The van der Waals surface area contributed by atoms with Gasteiger partial charge in [-0.2, -0.15) is 18.3 Å². The third kappa shape index (κ3) is 5.82. The highest BCUT2D eigenvalue weighted by atomic mass is 19.4. The van der Waals surface area contributed by atoms with Gasteiger partial charge in [-0.25, -0.2) is 5.43 Å². The molecule has 3 rings (SSSR count). The summed E-state index contributed by atoms with van der Waals surface area (Å²) in [5.41, 5.74) is 9.50. The van der Waals surface area contributed by atoms with Crippen LogP contribution in [0.15, 0.2) is 41.5 Å². The van der Waals surface area contributed by atoms with Crippen LogP contribution in [0.5, 0.6) is 5.88 Å².